The summed E-state index contributed by atoms with van der Waals surface area (Å²) in [6.45, 7) is 6.71. The molecule has 122 valence electrons. The van der Waals surface area contributed by atoms with E-state index >= 15 is 0 Å². The van der Waals surface area contributed by atoms with Crippen LogP contribution in [0.1, 0.15) is 56.0 Å². The minimum atomic E-state index is -0.159. The lowest BCUT2D eigenvalue weighted by molar-refractivity contribution is 0.102. The first-order chi connectivity index (χ1) is 10.9. The zero-order valence-electron chi connectivity index (χ0n) is 13.9. The molecule has 0 saturated heterocycles. The molecule has 1 aromatic carbocycles. The lowest BCUT2D eigenvalue weighted by atomic mass is 9.80. The predicted molar refractivity (Wildman–Crippen MR) is 98.9 cm³/mol. The molecule has 2 rings (SSSR count). The van der Waals surface area contributed by atoms with Crippen molar-refractivity contribution in [2.75, 3.05) is 5.32 Å². The van der Waals surface area contributed by atoms with Gasteiger partial charge >= 0.3 is 0 Å². The van der Waals surface area contributed by atoms with Gasteiger partial charge in [-0.15, -0.1) is 0 Å². The van der Waals surface area contributed by atoms with Crippen LogP contribution in [0.2, 0.25) is 0 Å². The first-order valence-electron chi connectivity index (χ1n) is 7.96. The summed E-state index contributed by atoms with van der Waals surface area (Å²) < 4.78 is 0.553. The molecule has 3 nitrogen and oxygen atoms in total. The highest BCUT2D eigenvalue weighted by Gasteiger charge is 2.20. The summed E-state index contributed by atoms with van der Waals surface area (Å²) in [5.74, 6) is -0.159. The molecule has 0 aliphatic rings. The number of benzene rings is 1. The number of rotatable bonds is 6. The summed E-state index contributed by atoms with van der Waals surface area (Å²) >= 11 is 3.31. The molecule has 0 spiro atoms. The molecule has 0 saturated carbocycles. The first kappa shape index (κ1) is 17.7. The van der Waals surface area contributed by atoms with Crippen molar-refractivity contribution in [3.8, 4) is 0 Å². The molecule has 0 fully saturated rings. The fourth-order valence-corrected chi connectivity index (χ4v) is 2.97. The van der Waals surface area contributed by atoms with Gasteiger partial charge < -0.3 is 5.32 Å². The van der Waals surface area contributed by atoms with E-state index < -0.39 is 0 Å². The molecular weight excluding hydrogens is 352 g/mol. The average Bonchev–Trinajstić information content (AvgIpc) is 2.53. The van der Waals surface area contributed by atoms with Crippen LogP contribution in [0, 0.1) is 0 Å². The molecule has 0 bridgehead atoms. The van der Waals surface area contributed by atoms with E-state index in [1.807, 2.05) is 12.1 Å². The van der Waals surface area contributed by atoms with Gasteiger partial charge in [0.1, 0.15) is 4.60 Å². The molecule has 0 aliphatic heterocycles. The molecule has 0 aliphatic carbocycles. The van der Waals surface area contributed by atoms with E-state index in [4.69, 9.17) is 0 Å². The van der Waals surface area contributed by atoms with Gasteiger partial charge in [0.15, 0.2) is 0 Å². The van der Waals surface area contributed by atoms with Crippen LogP contribution in [0.5, 0.6) is 0 Å². The molecular formula is C19H23BrN2O. The van der Waals surface area contributed by atoms with Gasteiger partial charge in [-0.2, -0.15) is 0 Å². The maximum absolute atomic E-state index is 12.4. The normalized spacial score (nSPS) is 11.3. The lowest BCUT2D eigenvalue weighted by Gasteiger charge is -2.25. The Kier molecular flexibility index (Phi) is 5.94. The van der Waals surface area contributed by atoms with E-state index in [0.717, 1.165) is 12.1 Å². The molecule has 1 aromatic heterocycles. The summed E-state index contributed by atoms with van der Waals surface area (Å²) in [7, 11) is 0. The highest BCUT2D eigenvalue weighted by molar-refractivity contribution is 9.10. The Hall–Kier alpha value is -1.68. The number of hydrogen-bond acceptors (Lipinski definition) is 2. The van der Waals surface area contributed by atoms with Crippen LogP contribution in [0.4, 0.5) is 5.69 Å². The van der Waals surface area contributed by atoms with Crippen molar-refractivity contribution >= 4 is 27.5 Å². The van der Waals surface area contributed by atoms with Crippen LogP contribution in [0.15, 0.2) is 47.2 Å². The number of nitrogens with one attached hydrogen (secondary N) is 1. The monoisotopic (exact) mass is 374 g/mol. The van der Waals surface area contributed by atoms with Crippen LogP contribution < -0.4 is 5.32 Å². The van der Waals surface area contributed by atoms with Crippen LogP contribution >= 0.6 is 15.9 Å². The Labute approximate surface area is 146 Å². The van der Waals surface area contributed by atoms with Crippen molar-refractivity contribution in [1.82, 2.24) is 4.98 Å². The molecule has 1 N–H and O–H groups in total. The van der Waals surface area contributed by atoms with Crippen molar-refractivity contribution in [1.29, 1.82) is 0 Å². The maximum Gasteiger partial charge on any atom is 0.258 e. The summed E-state index contributed by atoms with van der Waals surface area (Å²) in [4.78, 5) is 16.5. The first-order valence-corrected chi connectivity index (χ1v) is 8.76. The largest absolute Gasteiger partial charge is 0.322 e. The van der Waals surface area contributed by atoms with Gasteiger partial charge in [0.25, 0.3) is 5.91 Å². The van der Waals surface area contributed by atoms with E-state index in [1.165, 1.54) is 18.4 Å². The van der Waals surface area contributed by atoms with Crippen LogP contribution in [0.3, 0.4) is 0 Å². The standard InChI is InChI=1S/C19H23BrN2O/c1-4-5-11-19(2,3)14-8-6-9-15(13-14)22-18(23)16-10-7-12-21-17(16)20/h6-10,12-13H,4-5,11H2,1-3H3,(H,22,23). The van der Waals surface area contributed by atoms with Gasteiger partial charge in [-0.3, -0.25) is 4.79 Å². The van der Waals surface area contributed by atoms with Crippen LogP contribution in [-0.4, -0.2) is 10.9 Å². The summed E-state index contributed by atoms with van der Waals surface area (Å²) in [6.07, 6.45) is 5.17. The number of amides is 1. The van der Waals surface area contributed by atoms with Gasteiger partial charge in [-0.05, 0) is 57.6 Å². The zero-order chi connectivity index (χ0) is 16.9. The molecule has 0 atom stereocenters. The van der Waals surface area contributed by atoms with E-state index in [-0.39, 0.29) is 11.3 Å². The predicted octanol–water partition coefficient (Wildman–Crippen LogP) is 5.56. The number of aromatic nitrogens is 1. The fraction of sp³-hybridized carbons (Fsp3) is 0.368. The van der Waals surface area contributed by atoms with Gasteiger partial charge in [-0.25, -0.2) is 4.98 Å². The number of carbonyl (C=O) groups is 1. The van der Waals surface area contributed by atoms with Crippen molar-refractivity contribution in [2.24, 2.45) is 0 Å². The minimum absolute atomic E-state index is 0.103. The van der Waals surface area contributed by atoms with Gasteiger partial charge in [-0.1, -0.05) is 45.7 Å². The maximum atomic E-state index is 12.4. The third kappa shape index (κ3) is 4.64. The topological polar surface area (TPSA) is 42.0 Å². The highest BCUT2D eigenvalue weighted by Crippen LogP contribution is 2.30. The van der Waals surface area contributed by atoms with E-state index in [1.54, 1.807) is 18.3 Å². The Morgan fingerprint density at radius 1 is 1.26 bits per heavy atom. The summed E-state index contributed by atoms with van der Waals surface area (Å²) in [5, 5.41) is 2.96. The average molecular weight is 375 g/mol. The Balaban J connectivity index is 2.17. The SMILES string of the molecule is CCCCC(C)(C)c1cccc(NC(=O)c2cccnc2Br)c1. The van der Waals surface area contributed by atoms with E-state index in [2.05, 4.69) is 59.1 Å². The van der Waals surface area contributed by atoms with Gasteiger partial charge in [0.05, 0.1) is 5.56 Å². The third-order valence-corrected chi connectivity index (χ3v) is 4.69. The molecule has 1 heterocycles. The van der Waals surface area contributed by atoms with Gasteiger partial charge in [0.2, 0.25) is 0 Å². The van der Waals surface area contributed by atoms with Crippen molar-refractivity contribution in [3.05, 3.63) is 58.3 Å². The smallest absolute Gasteiger partial charge is 0.258 e. The lowest BCUT2D eigenvalue weighted by Crippen LogP contribution is -2.18. The van der Waals surface area contributed by atoms with Crippen molar-refractivity contribution in [2.45, 2.75) is 45.4 Å². The number of nitrogens with zero attached hydrogens (tertiary/aromatic N) is 1. The number of anilines is 1. The second-order valence-corrected chi connectivity index (χ2v) is 7.12. The highest BCUT2D eigenvalue weighted by atomic mass is 79.9. The van der Waals surface area contributed by atoms with Gasteiger partial charge in [0, 0.05) is 11.9 Å². The van der Waals surface area contributed by atoms with Crippen LogP contribution in [-0.2, 0) is 5.41 Å². The Bertz CT molecular complexity index is 683. The molecule has 1 amide bonds. The molecule has 2 aromatic rings. The number of halogens is 1. The zero-order valence-corrected chi connectivity index (χ0v) is 15.5. The number of carbonyl (C=O) groups excluding carboxylic acids is 1. The molecule has 0 radical (unpaired) electrons. The summed E-state index contributed by atoms with van der Waals surface area (Å²) in [5.41, 5.74) is 2.69. The van der Waals surface area contributed by atoms with Crippen molar-refractivity contribution in [3.63, 3.8) is 0 Å². The quantitative estimate of drug-likeness (QED) is 0.671. The number of unbranched alkanes of at least 4 members (excludes halogenated alkanes) is 1. The Morgan fingerprint density at radius 3 is 2.74 bits per heavy atom. The second-order valence-electron chi connectivity index (χ2n) is 6.36. The van der Waals surface area contributed by atoms with Crippen LogP contribution in [0.25, 0.3) is 0 Å². The Morgan fingerprint density at radius 2 is 2.04 bits per heavy atom. The molecule has 4 heteroatoms. The molecule has 0 unspecified atom stereocenters. The second kappa shape index (κ2) is 7.73. The molecule has 23 heavy (non-hydrogen) atoms. The fourth-order valence-electron chi connectivity index (χ4n) is 2.53. The van der Waals surface area contributed by atoms with E-state index in [9.17, 15) is 4.79 Å². The number of hydrogen-bond donors (Lipinski definition) is 1. The minimum Gasteiger partial charge on any atom is -0.322 e. The number of pyridine rings is 1. The van der Waals surface area contributed by atoms with E-state index in [0.29, 0.717) is 10.2 Å². The summed E-state index contributed by atoms with van der Waals surface area (Å²) in [6, 6.07) is 11.6. The van der Waals surface area contributed by atoms with Crippen molar-refractivity contribution < 1.29 is 4.79 Å². The third-order valence-electron chi connectivity index (χ3n) is 4.06.